The molecule has 0 aromatic carbocycles. The Labute approximate surface area is 118 Å². The van der Waals surface area contributed by atoms with Crippen molar-refractivity contribution >= 4 is 23.9 Å². The van der Waals surface area contributed by atoms with Crippen LogP contribution < -0.4 is 0 Å². The minimum Gasteiger partial charge on any atom is -0.481 e. The average Bonchev–Trinajstić information content (AvgIpc) is 2.73. The van der Waals surface area contributed by atoms with Gasteiger partial charge in [-0.05, 0) is 13.8 Å². The lowest BCUT2D eigenvalue weighted by atomic mass is 10.3. The highest BCUT2D eigenvalue weighted by Gasteiger charge is 2.19. The zero-order valence-corrected chi connectivity index (χ0v) is 11.6. The van der Waals surface area contributed by atoms with E-state index in [-0.39, 0.29) is 33.7 Å². The first-order valence-corrected chi connectivity index (χ1v) is 6.09. The number of hydrogen-bond acceptors (Lipinski definition) is 7. The maximum absolute atomic E-state index is 10.5. The van der Waals surface area contributed by atoms with Crippen LogP contribution in [0.1, 0.15) is 41.0 Å². The summed E-state index contributed by atoms with van der Waals surface area (Å²) in [6.07, 6.45) is 0.333. The highest BCUT2D eigenvalue weighted by molar-refractivity contribution is 5.92. The lowest BCUT2D eigenvalue weighted by molar-refractivity contribution is -0.152. The Morgan fingerprint density at radius 3 is 1.90 bits per heavy atom. The number of aliphatic carboxylic acids is 1. The van der Waals surface area contributed by atoms with Crippen molar-refractivity contribution in [2.45, 2.75) is 39.5 Å². The summed E-state index contributed by atoms with van der Waals surface area (Å²) in [5.74, 6) is -2.23. The third-order valence-corrected chi connectivity index (χ3v) is 1.61. The number of hydrogen-bond donors (Lipinski definition) is 2. The molecule has 0 aromatic heterocycles. The van der Waals surface area contributed by atoms with Crippen LogP contribution in [0.5, 0.6) is 0 Å². The molecule has 0 aliphatic carbocycles. The molecule has 1 heterocycles. The number of carbonyl (C=O) groups excluding carboxylic acids is 3. The summed E-state index contributed by atoms with van der Waals surface area (Å²) in [7, 11) is 0. The molecule has 1 aliphatic rings. The van der Waals surface area contributed by atoms with E-state index in [0.717, 1.165) is 0 Å². The molecule has 118 valence electrons. The second-order valence-corrected chi connectivity index (χ2v) is 3.36. The van der Waals surface area contributed by atoms with Crippen molar-refractivity contribution in [1.29, 1.82) is 0 Å². The zero-order valence-electron chi connectivity index (χ0n) is 11.6. The Morgan fingerprint density at radius 2 is 1.65 bits per heavy atom. The smallest absolute Gasteiger partial charge is 0.314 e. The van der Waals surface area contributed by atoms with E-state index in [0.29, 0.717) is 6.61 Å². The first kappa shape index (κ1) is 20.4. The van der Waals surface area contributed by atoms with Gasteiger partial charge in [0.15, 0.2) is 0 Å². The molecule has 1 saturated heterocycles. The summed E-state index contributed by atoms with van der Waals surface area (Å²) in [5, 5.41) is 15.7. The van der Waals surface area contributed by atoms with Gasteiger partial charge in [0, 0.05) is 8.03 Å². The molecule has 8 nitrogen and oxygen atoms in total. The zero-order chi connectivity index (χ0) is 16.0. The van der Waals surface area contributed by atoms with E-state index in [1.54, 1.807) is 13.8 Å². The van der Waals surface area contributed by atoms with Crippen molar-refractivity contribution in [1.82, 2.24) is 0 Å². The quantitative estimate of drug-likeness (QED) is 0.567. The fourth-order valence-electron chi connectivity index (χ4n) is 0.875. The Morgan fingerprint density at radius 1 is 1.20 bits per heavy atom. The van der Waals surface area contributed by atoms with Crippen molar-refractivity contribution in [3.8, 4) is 0 Å². The Bertz CT molecular complexity index is 315. The topological polar surface area (TPSA) is 127 Å². The van der Waals surface area contributed by atoms with Gasteiger partial charge in [-0.1, -0.05) is 0 Å². The van der Waals surface area contributed by atoms with Gasteiger partial charge < -0.3 is 19.7 Å². The highest BCUT2D eigenvalue weighted by Crippen LogP contribution is 2.03. The fraction of sp³-hybridized carbons (Fsp3) is 0.667. The summed E-state index contributed by atoms with van der Waals surface area (Å²) >= 11 is 0. The molecule has 1 rings (SSSR count). The monoisotopic (exact) mass is 295 g/mol. The molecule has 0 atom stereocenters. The van der Waals surface area contributed by atoms with E-state index in [1.165, 1.54) is 0 Å². The second kappa shape index (κ2) is 13.5. The lowest BCUT2D eigenvalue weighted by Gasteiger charge is -1.97. The molecular formula is C12H22O8. The summed E-state index contributed by atoms with van der Waals surface area (Å²) in [6, 6.07) is 0. The number of carboxylic acid groups (broad SMARTS) is 1. The minimum atomic E-state index is -0.979. The van der Waals surface area contributed by atoms with Gasteiger partial charge in [-0.3, -0.25) is 19.2 Å². The molecule has 0 unspecified atom stereocenters. The van der Waals surface area contributed by atoms with E-state index >= 15 is 0 Å². The largest absolute Gasteiger partial charge is 0.481 e. The molecule has 2 N–H and O–H groups in total. The number of esters is 3. The van der Waals surface area contributed by atoms with Gasteiger partial charge >= 0.3 is 23.9 Å². The molecule has 0 spiro atoms. The Balaban J connectivity index is -0.000000257. The van der Waals surface area contributed by atoms with Gasteiger partial charge in [0.2, 0.25) is 0 Å². The van der Waals surface area contributed by atoms with Crippen LogP contribution in [0, 0.1) is 0 Å². The maximum Gasteiger partial charge on any atom is 0.314 e. The minimum absolute atomic E-state index is 0. The van der Waals surface area contributed by atoms with Crippen molar-refractivity contribution < 1.29 is 40.3 Å². The van der Waals surface area contributed by atoms with Crippen LogP contribution in [0.3, 0.4) is 0 Å². The predicted octanol–water partition coefficient (Wildman–Crippen LogP) is 0.509. The fourth-order valence-corrected chi connectivity index (χ4v) is 0.875. The van der Waals surface area contributed by atoms with Crippen molar-refractivity contribution in [2.75, 3.05) is 13.2 Å². The van der Waals surface area contributed by atoms with Gasteiger partial charge in [0.05, 0.1) is 32.3 Å². The van der Waals surface area contributed by atoms with E-state index in [1.807, 2.05) is 0 Å². The molecular weight excluding hydrogens is 272 g/mol. The van der Waals surface area contributed by atoms with Crippen LogP contribution in [0.15, 0.2) is 0 Å². The number of carbonyl (C=O) groups is 4. The van der Waals surface area contributed by atoms with Crippen LogP contribution in [0.4, 0.5) is 0 Å². The van der Waals surface area contributed by atoms with Gasteiger partial charge in [-0.2, -0.15) is 0 Å². The van der Waals surface area contributed by atoms with Crippen LogP contribution >= 0.6 is 0 Å². The summed E-state index contributed by atoms with van der Waals surface area (Å²) in [4.78, 5) is 40.4. The summed E-state index contributed by atoms with van der Waals surface area (Å²) < 4.78 is 8.57. The number of aliphatic hydroxyl groups excluding tert-OH is 1. The van der Waals surface area contributed by atoms with Gasteiger partial charge in [0.25, 0.3) is 0 Å². The average molecular weight is 295 g/mol. The molecule has 0 aromatic rings. The predicted molar refractivity (Wildman–Crippen MR) is 68.7 cm³/mol. The van der Waals surface area contributed by atoms with Crippen LogP contribution in [0.25, 0.3) is 0 Å². The van der Waals surface area contributed by atoms with E-state index in [2.05, 4.69) is 9.47 Å². The molecule has 0 radical (unpaired) electrons. The van der Waals surface area contributed by atoms with Gasteiger partial charge in [-0.25, -0.2) is 0 Å². The van der Waals surface area contributed by atoms with E-state index in [9.17, 15) is 19.2 Å². The highest BCUT2D eigenvalue weighted by atomic mass is 16.6. The first-order chi connectivity index (χ1) is 9.37. The van der Waals surface area contributed by atoms with Crippen molar-refractivity contribution in [3.05, 3.63) is 0 Å². The third kappa shape index (κ3) is 16.0. The van der Waals surface area contributed by atoms with Crippen molar-refractivity contribution in [2.24, 2.45) is 0 Å². The molecule has 8 heteroatoms. The Kier molecular flexibility index (Phi) is 13.7. The van der Waals surface area contributed by atoms with Gasteiger partial charge in [-0.15, -0.1) is 0 Å². The standard InChI is InChI=1S/C6H10O4.C4H4O3.C2H6O.H2/c1-2-10-6(9)4-3-5(7)8;5-3-1-2-4(6)7-3;1-2-3;/h2-4H2,1H3,(H,7,8);1-2H2;3H,2H2,1H3;1H/i;;;1+1. The summed E-state index contributed by atoms with van der Waals surface area (Å²) in [5.41, 5.74) is 0. The van der Waals surface area contributed by atoms with Crippen molar-refractivity contribution in [3.63, 3.8) is 0 Å². The second-order valence-electron chi connectivity index (χ2n) is 3.36. The number of rotatable bonds is 4. The number of cyclic esters (lactones) is 2. The first-order valence-electron chi connectivity index (χ1n) is 6.09. The molecule has 1 aliphatic heterocycles. The molecule has 0 saturated carbocycles. The Hall–Kier alpha value is -1.96. The third-order valence-electron chi connectivity index (χ3n) is 1.61. The molecule has 0 bridgehead atoms. The maximum atomic E-state index is 10.5. The molecule has 20 heavy (non-hydrogen) atoms. The SMILES string of the molecule is CCO.CCOC(=O)CCC(=O)O.O=C1CCC(=O)O1.[2HH]. The van der Waals surface area contributed by atoms with Gasteiger partial charge in [0.1, 0.15) is 0 Å². The van der Waals surface area contributed by atoms with E-state index in [4.69, 9.17) is 10.2 Å². The lowest BCUT2D eigenvalue weighted by Crippen LogP contribution is -2.06. The van der Waals surface area contributed by atoms with E-state index < -0.39 is 23.9 Å². The number of aliphatic hydroxyl groups is 1. The summed E-state index contributed by atoms with van der Waals surface area (Å²) in [6.45, 7) is 3.91. The van der Waals surface area contributed by atoms with Crippen LogP contribution in [-0.2, 0) is 28.7 Å². The van der Waals surface area contributed by atoms with Crippen LogP contribution in [-0.4, -0.2) is 47.3 Å². The number of carboxylic acids is 1. The number of ether oxygens (including phenoxy) is 2. The molecule has 1 fully saturated rings. The van der Waals surface area contributed by atoms with Crippen LogP contribution in [0.2, 0.25) is 0 Å². The molecule has 0 amide bonds. The normalized spacial score (nSPS) is 12.3.